The van der Waals surface area contributed by atoms with Gasteiger partial charge in [0.1, 0.15) is 17.0 Å². The molecule has 0 radical (unpaired) electrons. The molecule has 27 heavy (non-hydrogen) atoms. The molecule has 3 aromatic rings. The summed E-state index contributed by atoms with van der Waals surface area (Å²) in [6.07, 6.45) is 3.37. The summed E-state index contributed by atoms with van der Waals surface area (Å²) in [5.74, 6) is 1.29. The zero-order valence-corrected chi connectivity index (χ0v) is 16.7. The van der Waals surface area contributed by atoms with Crippen molar-refractivity contribution in [1.82, 2.24) is 4.98 Å². The third-order valence-electron chi connectivity index (χ3n) is 4.28. The molecule has 0 aliphatic carbocycles. The molecule has 0 saturated carbocycles. The molecule has 1 amide bonds. The Labute approximate surface area is 163 Å². The molecular weight excluding hydrogens is 360 g/mol. The second-order valence-electron chi connectivity index (χ2n) is 6.32. The molecule has 0 aliphatic rings. The van der Waals surface area contributed by atoms with Crippen LogP contribution in [0.15, 0.2) is 36.4 Å². The highest BCUT2D eigenvalue weighted by molar-refractivity contribution is 7.22. The van der Waals surface area contributed by atoms with Gasteiger partial charge in [-0.25, -0.2) is 4.98 Å². The first kappa shape index (κ1) is 19.2. The van der Waals surface area contributed by atoms with Crippen molar-refractivity contribution in [2.45, 2.75) is 33.1 Å². The molecule has 1 heterocycles. The number of hydrogen-bond acceptors (Lipinski definition) is 5. The van der Waals surface area contributed by atoms with Crippen LogP contribution >= 0.6 is 11.3 Å². The number of benzene rings is 2. The van der Waals surface area contributed by atoms with Gasteiger partial charge in [-0.05, 0) is 49.2 Å². The van der Waals surface area contributed by atoms with Crippen molar-refractivity contribution in [2.24, 2.45) is 0 Å². The van der Waals surface area contributed by atoms with Gasteiger partial charge in [0.05, 0.1) is 18.4 Å². The van der Waals surface area contributed by atoms with E-state index in [4.69, 9.17) is 9.47 Å². The van der Waals surface area contributed by atoms with E-state index in [0.717, 1.165) is 34.4 Å². The monoisotopic (exact) mass is 384 g/mol. The molecule has 0 fully saturated rings. The minimum atomic E-state index is -0.191. The van der Waals surface area contributed by atoms with Gasteiger partial charge in [0.15, 0.2) is 5.13 Å². The quantitative estimate of drug-likeness (QED) is 0.526. The number of fused-ring (bicyclic) bond motifs is 1. The number of aryl methyl sites for hydroxylation is 1. The fourth-order valence-electron chi connectivity index (χ4n) is 2.74. The fourth-order valence-corrected chi connectivity index (χ4v) is 3.69. The summed E-state index contributed by atoms with van der Waals surface area (Å²) < 4.78 is 12.1. The molecule has 142 valence electrons. The Balaban J connectivity index is 1.68. The summed E-state index contributed by atoms with van der Waals surface area (Å²) in [6.45, 7) is 4.88. The Morgan fingerprint density at radius 1 is 1.15 bits per heavy atom. The standard InChI is InChI=1S/C21H24N2O3S/c1-4-5-6-13-26-16-10-8-15(9-11-16)20(24)23-21-22-18-17(25-3)12-7-14(2)19(18)27-21/h7-12H,4-6,13H2,1-3H3,(H,22,23,24). The first-order valence-corrected chi connectivity index (χ1v) is 9.92. The Hall–Kier alpha value is -2.60. The number of thiazole rings is 1. The summed E-state index contributed by atoms with van der Waals surface area (Å²) >= 11 is 1.45. The Bertz CT molecular complexity index is 919. The number of ether oxygens (including phenoxy) is 2. The topological polar surface area (TPSA) is 60.5 Å². The van der Waals surface area contributed by atoms with Crippen LogP contribution in [0.3, 0.4) is 0 Å². The lowest BCUT2D eigenvalue weighted by atomic mass is 10.2. The van der Waals surface area contributed by atoms with E-state index in [2.05, 4.69) is 17.2 Å². The van der Waals surface area contributed by atoms with Crippen LogP contribution in [0.25, 0.3) is 10.2 Å². The molecule has 1 aromatic heterocycles. The van der Waals surface area contributed by atoms with E-state index >= 15 is 0 Å². The van der Waals surface area contributed by atoms with E-state index in [0.29, 0.717) is 23.1 Å². The molecular formula is C21H24N2O3S. The lowest BCUT2D eigenvalue weighted by Crippen LogP contribution is -2.11. The predicted molar refractivity (Wildman–Crippen MR) is 110 cm³/mol. The molecule has 0 spiro atoms. The maximum Gasteiger partial charge on any atom is 0.257 e. The number of nitrogens with one attached hydrogen (secondary N) is 1. The van der Waals surface area contributed by atoms with E-state index in [-0.39, 0.29) is 5.91 Å². The molecule has 3 rings (SSSR count). The Morgan fingerprint density at radius 3 is 2.63 bits per heavy atom. The predicted octanol–water partition coefficient (Wildman–Crippen LogP) is 5.43. The van der Waals surface area contributed by atoms with Crippen molar-refractivity contribution in [3.05, 3.63) is 47.5 Å². The highest BCUT2D eigenvalue weighted by Crippen LogP contribution is 2.34. The lowest BCUT2D eigenvalue weighted by Gasteiger charge is -2.06. The van der Waals surface area contributed by atoms with Crippen LogP contribution in [0.5, 0.6) is 11.5 Å². The van der Waals surface area contributed by atoms with Crippen LogP contribution in [0, 0.1) is 6.92 Å². The van der Waals surface area contributed by atoms with Gasteiger partial charge in [0, 0.05) is 5.56 Å². The molecule has 0 aliphatic heterocycles. The largest absolute Gasteiger partial charge is 0.494 e. The van der Waals surface area contributed by atoms with E-state index < -0.39 is 0 Å². The molecule has 5 nitrogen and oxygen atoms in total. The molecule has 1 N–H and O–H groups in total. The minimum Gasteiger partial charge on any atom is -0.494 e. The summed E-state index contributed by atoms with van der Waals surface area (Å²) in [4.78, 5) is 17.0. The minimum absolute atomic E-state index is 0.191. The van der Waals surface area contributed by atoms with Crippen molar-refractivity contribution in [3.8, 4) is 11.5 Å². The Kier molecular flexibility index (Phi) is 6.29. The first-order valence-electron chi connectivity index (χ1n) is 9.10. The number of unbranched alkanes of at least 4 members (excludes halogenated alkanes) is 2. The zero-order valence-electron chi connectivity index (χ0n) is 15.9. The van der Waals surface area contributed by atoms with Crippen LogP contribution in [0.4, 0.5) is 5.13 Å². The van der Waals surface area contributed by atoms with Crippen LogP contribution in [0.1, 0.15) is 42.1 Å². The van der Waals surface area contributed by atoms with Gasteiger partial charge in [-0.1, -0.05) is 37.2 Å². The van der Waals surface area contributed by atoms with Gasteiger partial charge >= 0.3 is 0 Å². The summed E-state index contributed by atoms with van der Waals surface area (Å²) in [5.41, 5.74) is 2.45. The maximum atomic E-state index is 12.5. The molecule has 0 bridgehead atoms. The molecule has 2 aromatic carbocycles. The number of amides is 1. The highest BCUT2D eigenvalue weighted by atomic mass is 32.1. The summed E-state index contributed by atoms with van der Waals surface area (Å²) in [7, 11) is 1.62. The van der Waals surface area contributed by atoms with Gasteiger partial charge in [0.25, 0.3) is 5.91 Å². The number of carbonyl (C=O) groups is 1. The average molecular weight is 385 g/mol. The van der Waals surface area contributed by atoms with Crippen LogP contribution in [0.2, 0.25) is 0 Å². The molecule has 6 heteroatoms. The number of aromatic nitrogens is 1. The Morgan fingerprint density at radius 2 is 1.93 bits per heavy atom. The number of rotatable bonds is 8. The van der Waals surface area contributed by atoms with Gasteiger partial charge < -0.3 is 9.47 Å². The van der Waals surface area contributed by atoms with Crippen molar-refractivity contribution in [3.63, 3.8) is 0 Å². The second kappa shape index (κ2) is 8.86. The van der Waals surface area contributed by atoms with E-state index in [9.17, 15) is 4.79 Å². The lowest BCUT2D eigenvalue weighted by molar-refractivity contribution is 0.102. The van der Waals surface area contributed by atoms with E-state index in [1.54, 1.807) is 19.2 Å². The summed E-state index contributed by atoms with van der Waals surface area (Å²) in [5, 5.41) is 3.44. The molecule has 0 saturated heterocycles. The summed E-state index contributed by atoms with van der Waals surface area (Å²) in [6, 6.07) is 11.1. The smallest absolute Gasteiger partial charge is 0.257 e. The first-order chi connectivity index (χ1) is 13.1. The fraction of sp³-hybridized carbons (Fsp3) is 0.333. The third-order valence-corrected chi connectivity index (χ3v) is 5.38. The van der Waals surface area contributed by atoms with Crippen LogP contribution < -0.4 is 14.8 Å². The number of methoxy groups -OCH3 is 1. The number of anilines is 1. The molecule has 0 unspecified atom stereocenters. The average Bonchev–Trinajstić information content (AvgIpc) is 3.10. The van der Waals surface area contributed by atoms with Gasteiger partial charge in [0.2, 0.25) is 0 Å². The van der Waals surface area contributed by atoms with Crippen LogP contribution in [-0.2, 0) is 0 Å². The van der Waals surface area contributed by atoms with Crippen molar-refractivity contribution in [1.29, 1.82) is 0 Å². The van der Waals surface area contributed by atoms with Gasteiger partial charge in [-0.2, -0.15) is 0 Å². The molecule has 0 atom stereocenters. The van der Waals surface area contributed by atoms with E-state index in [1.165, 1.54) is 17.8 Å². The number of hydrogen-bond donors (Lipinski definition) is 1. The van der Waals surface area contributed by atoms with Crippen molar-refractivity contribution in [2.75, 3.05) is 19.0 Å². The zero-order chi connectivity index (χ0) is 19.2. The van der Waals surface area contributed by atoms with Crippen molar-refractivity contribution >= 4 is 32.6 Å². The number of carbonyl (C=O) groups excluding carboxylic acids is 1. The van der Waals surface area contributed by atoms with E-state index in [1.807, 2.05) is 31.2 Å². The van der Waals surface area contributed by atoms with Crippen molar-refractivity contribution < 1.29 is 14.3 Å². The maximum absolute atomic E-state index is 12.5. The second-order valence-corrected chi connectivity index (χ2v) is 7.31. The normalized spacial score (nSPS) is 10.8. The van der Waals surface area contributed by atoms with Gasteiger partial charge in [-0.15, -0.1) is 0 Å². The highest BCUT2D eigenvalue weighted by Gasteiger charge is 2.14. The van der Waals surface area contributed by atoms with Gasteiger partial charge in [-0.3, -0.25) is 10.1 Å². The third kappa shape index (κ3) is 4.57. The number of nitrogens with zero attached hydrogens (tertiary/aromatic N) is 1. The SMILES string of the molecule is CCCCCOc1ccc(C(=O)Nc2nc3c(OC)ccc(C)c3s2)cc1. The van der Waals surface area contributed by atoms with Crippen LogP contribution in [-0.4, -0.2) is 24.6 Å².